The van der Waals surface area contributed by atoms with Crippen molar-refractivity contribution in [3.63, 3.8) is 0 Å². The maximum atomic E-state index is 5.51. The second-order valence-corrected chi connectivity index (χ2v) is 18.1. The molecule has 5 nitrogen and oxygen atoms in total. The molecule has 0 spiro atoms. The SMILES string of the molecule is c1ccc(-n2c3ccccc3c3c(-c4nc5ccccc5nc4-c4cccc(-n5c6ccccc6c6c(-n7c8ccccc8c8cc9ccccc9cc87)c7ccccc7cc65)c4)cccc32)cc1. The van der Waals surface area contributed by atoms with Crippen LogP contribution in [0.1, 0.15) is 0 Å². The molecule has 0 amide bonds. The normalized spacial score (nSPS) is 12.1. The Labute approximate surface area is 396 Å². The molecule has 0 unspecified atom stereocenters. The summed E-state index contributed by atoms with van der Waals surface area (Å²) in [5, 5.41) is 12.1. The largest absolute Gasteiger partial charge is 0.309 e. The van der Waals surface area contributed by atoms with Gasteiger partial charge >= 0.3 is 0 Å². The van der Waals surface area contributed by atoms with E-state index >= 15 is 0 Å². The van der Waals surface area contributed by atoms with Crippen molar-refractivity contribution in [2.45, 2.75) is 0 Å². The monoisotopic (exact) mass is 877 g/mol. The van der Waals surface area contributed by atoms with E-state index in [0.29, 0.717) is 0 Å². The topological polar surface area (TPSA) is 40.6 Å². The fourth-order valence-electron chi connectivity index (χ4n) is 11.4. The molecule has 0 bridgehead atoms. The van der Waals surface area contributed by atoms with Gasteiger partial charge in [-0.05, 0) is 95.0 Å². The van der Waals surface area contributed by atoms with Crippen LogP contribution in [0.25, 0.3) is 138 Å². The molecule has 0 radical (unpaired) electrons. The smallest absolute Gasteiger partial charge is 0.0980 e. The molecule has 0 fully saturated rings. The van der Waals surface area contributed by atoms with E-state index in [1.54, 1.807) is 0 Å². The first kappa shape index (κ1) is 37.9. The Morgan fingerprint density at radius 2 is 0.797 bits per heavy atom. The summed E-state index contributed by atoms with van der Waals surface area (Å²) in [6.07, 6.45) is 0. The molecule has 0 aliphatic carbocycles. The highest BCUT2D eigenvalue weighted by molar-refractivity contribution is 6.23. The maximum absolute atomic E-state index is 5.51. The average molecular weight is 878 g/mol. The zero-order valence-corrected chi connectivity index (χ0v) is 37.3. The Kier molecular flexibility index (Phi) is 8.00. The van der Waals surface area contributed by atoms with Gasteiger partial charge in [0.15, 0.2) is 0 Å². The highest BCUT2D eigenvalue weighted by atomic mass is 15.0. The molecule has 5 heteroatoms. The molecule has 0 saturated carbocycles. The first-order chi connectivity index (χ1) is 34.2. The third-order valence-corrected chi connectivity index (χ3v) is 14.3. The van der Waals surface area contributed by atoms with E-state index in [-0.39, 0.29) is 0 Å². The molecule has 4 aromatic heterocycles. The van der Waals surface area contributed by atoms with Crippen molar-refractivity contribution < 1.29 is 0 Å². The van der Waals surface area contributed by atoms with Crippen molar-refractivity contribution in [3.05, 3.63) is 237 Å². The van der Waals surface area contributed by atoms with Crippen molar-refractivity contribution in [1.29, 1.82) is 0 Å². The minimum Gasteiger partial charge on any atom is -0.309 e. The summed E-state index contributed by atoms with van der Waals surface area (Å²) in [4.78, 5) is 11.0. The molecule has 320 valence electrons. The molecule has 4 heterocycles. The molecule has 15 rings (SSSR count). The number of aromatic nitrogens is 5. The lowest BCUT2D eigenvalue weighted by atomic mass is 9.98. The number of fused-ring (bicyclic) bond motifs is 12. The van der Waals surface area contributed by atoms with Crippen molar-refractivity contribution in [2.24, 2.45) is 0 Å². The van der Waals surface area contributed by atoms with E-state index in [4.69, 9.17) is 9.97 Å². The summed E-state index contributed by atoms with van der Waals surface area (Å²) in [7, 11) is 0. The maximum Gasteiger partial charge on any atom is 0.0980 e. The van der Waals surface area contributed by atoms with Gasteiger partial charge in [-0.25, -0.2) is 9.97 Å². The Balaban J connectivity index is 1.01. The van der Waals surface area contributed by atoms with Crippen molar-refractivity contribution in [2.75, 3.05) is 0 Å². The van der Waals surface area contributed by atoms with Crippen molar-refractivity contribution >= 4 is 98.0 Å². The summed E-state index contributed by atoms with van der Waals surface area (Å²) in [6, 6.07) is 85.5. The summed E-state index contributed by atoms with van der Waals surface area (Å²) in [6.45, 7) is 0. The van der Waals surface area contributed by atoms with E-state index in [0.717, 1.165) is 72.4 Å². The molecule has 11 aromatic carbocycles. The van der Waals surface area contributed by atoms with Crippen LogP contribution in [0.4, 0.5) is 0 Å². The number of rotatable bonds is 5. The van der Waals surface area contributed by atoms with E-state index in [1.807, 2.05) is 12.1 Å². The van der Waals surface area contributed by atoms with Gasteiger partial charge in [0.1, 0.15) is 0 Å². The summed E-state index contributed by atoms with van der Waals surface area (Å²) >= 11 is 0. The van der Waals surface area contributed by atoms with Crippen LogP contribution in [0.15, 0.2) is 237 Å². The second-order valence-electron chi connectivity index (χ2n) is 18.1. The van der Waals surface area contributed by atoms with Crippen LogP contribution >= 0.6 is 0 Å². The molecule has 15 aromatic rings. The standard InChI is InChI=1S/C64H39N5/c1-2-22-44(23-3-1)67-55-33-14-9-27-48(55)60-50(29-17-35-57(60)67)63-62(65-52-30-11-12-31-53(52)66-63)43-21-16-24-45(36-43)68-56-34-15-10-28-49(56)61-59(68)39-42-20-6-7-25-46(42)64(61)69-54-32-13-8-26-47(54)51-37-40-18-4-5-19-41(40)38-58(51)69/h1-39H. The van der Waals surface area contributed by atoms with Crippen LogP contribution in [-0.4, -0.2) is 23.7 Å². The lowest BCUT2D eigenvalue weighted by molar-refractivity contribution is 1.17. The molecule has 0 saturated heterocycles. The fourth-order valence-corrected chi connectivity index (χ4v) is 11.4. The minimum absolute atomic E-state index is 0.837. The second kappa shape index (κ2) is 14.6. The molecular formula is C64H39N5. The van der Waals surface area contributed by atoms with Gasteiger partial charge in [0.05, 0.1) is 61.2 Å². The van der Waals surface area contributed by atoms with Gasteiger partial charge in [0.2, 0.25) is 0 Å². The quantitative estimate of drug-likeness (QED) is 0.173. The highest BCUT2D eigenvalue weighted by Crippen LogP contribution is 2.46. The van der Waals surface area contributed by atoms with Crippen LogP contribution in [0, 0.1) is 0 Å². The van der Waals surface area contributed by atoms with Crippen LogP contribution in [0.3, 0.4) is 0 Å². The fraction of sp³-hybridized carbons (Fsp3) is 0. The van der Waals surface area contributed by atoms with E-state index in [2.05, 4.69) is 238 Å². The van der Waals surface area contributed by atoms with Gasteiger partial charge in [0.25, 0.3) is 0 Å². The van der Waals surface area contributed by atoms with Crippen LogP contribution < -0.4 is 0 Å². The van der Waals surface area contributed by atoms with Crippen LogP contribution in [0.2, 0.25) is 0 Å². The van der Waals surface area contributed by atoms with Gasteiger partial charge in [-0.2, -0.15) is 0 Å². The number of hydrogen-bond acceptors (Lipinski definition) is 2. The Hall–Kier alpha value is -9.32. The van der Waals surface area contributed by atoms with Gasteiger partial charge in [-0.15, -0.1) is 0 Å². The number of nitrogens with zero attached hydrogens (tertiary/aromatic N) is 5. The van der Waals surface area contributed by atoms with Crippen LogP contribution in [0.5, 0.6) is 0 Å². The van der Waals surface area contributed by atoms with Gasteiger partial charge in [-0.3, -0.25) is 0 Å². The molecule has 0 aliphatic rings. The zero-order chi connectivity index (χ0) is 45.2. The number of benzene rings is 11. The lowest BCUT2D eigenvalue weighted by Gasteiger charge is -2.16. The van der Waals surface area contributed by atoms with E-state index in [9.17, 15) is 0 Å². The molecular weight excluding hydrogens is 839 g/mol. The zero-order valence-electron chi connectivity index (χ0n) is 37.3. The van der Waals surface area contributed by atoms with Crippen molar-refractivity contribution in [1.82, 2.24) is 23.7 Å². The summed E-state index contributed by atoms with van der Waals surface area (Å²) in [5.41, 5.74) is 15.7. The molecule has 69 heavy (non-hydrogen) atoms. The van der Waals surface area contributed by atoms with Gasteiger partial charge < -0.3 is 13.7 Å². The summed E-state index contributed by atoms with van der Waals surface area (Å²) in [5.74, 6) is 0. The Bertz CT molecular complexity index is 4610. The first-order valence-electron chi connectivity index (χ1n) is 23.6. The molecule has 0 atom stereocenters. The molecule has 0 N–H and O–H groups in total. The lowest BCUT2D eigenvalue weighted by Crippen LogP contribution is -2.00. The Morgan fingerprint density at radius 3 is 1.55 bits per heavy atom. The van der Waals surface area contributed by atoms with Crippen molar-refractivity contribution in [3.8, 4) is 39.6 Å². The van der Waals surface area contributed by atoms with Gasteiger partial charge in [0, 0.05) is 60.2 Å². The number of para-hydroxylation sites is 6. The third-order valence-electron chi connectivity index (χ3n) is 14.3. The average Bonchev–Trinajstić information content (AvgIpc) is 4.05. The predicted molar refractivity (Wildman–Crippen MR) is 288 cm³/mol. The molecule has 0 aliphatic heterocycles. The first-order valence-corrected chi connectivity index (χ1v) is 23.6. The summed E-state index contributed by atoms with van der Waals surface area (Å²) < 4.78 is 7.35. The Morgan fingerprint density at radius 1 is 0.275 bits per heavy atom. The predicted octanol–water partition coefficient (Wildman–Crippen LogP) is 16.6. The third kappa shape index (κ3) is 5.53. The number of hydrogen-bond donors (Lipinski definition) is 0. The van der Waals surface area contributed by atoms with E-state index in [1.165, 1.54) is 65.2 Å². The van der Waals surface area contributed by atoms with Crippen LogP contribution in [-0.2, 0) is 0 Å². The van der Waals surface area contributed by atoms with E-state index < -0.39 is 0 Å². The van der Waals surface area contributed by atoms with Gasteiger partial charge in [-0.1, -0.05) is 158 Å². The highest BCUT2D eigenvalue weighted by Gasteiger charge is 2.25. The minimum atomic E-state index is 0.837.